The smallest absolute Gasteiger partial charge is 0.0393 e. The summed E-state index contributed by atoms with van der Waals surface area (Å²) in [5, 5.41) is 0. The highest BCUT2D eigenvalue weighted by Crippen LogP contribution is 2.53. The fourth-order valence-electron chi connectivity index (χ4n) is 1.56. The summed E-state index contributed by atoms with van der Waals surface area (Å²) in [6, 6.07) is 1.85. The molecular formula is C10H15N3. The quantitative estimate of drug-likeness (QED) is 0.718. The van der Waals surface area contributed by atoms with Crippen LogP contribution in [0.15, 0.2) is 18.5 Å². The fraction of sp³-hybridized carbons (Fsp3) is 0.500. The monoisotopic (exact) mass is 177 g/mol. The molecule has 2 rings (SSSR count). The standard InChI is InChI=1S/C10H15N3/c1-10(3-4-10)9(12)7-6-13-5-2-8(7)11/h2,5-6,9H,3-4,12H2,1H3,(H2,11,13). The zero-order chi connectivity index (χ0) is 9.47. The highest BCUT2D eigenvalue weighted by Gasteiger charge is 2.44. The SMILES string of the molecule is CC1(C(N)c2cnccc2N)CC1. The summed E-state index contributed by atoms with van der Waals surface area (Å²) >= 11 is 0. The highest BCUT2D eigenvalue weighted by molar-refractivity contribution is 5.47. The van der Waals surface area contributed by atoms with E-state index in [1.165, 1.54) is 12.8 Å². The number of rotatable bonds is 2. The van der Waals surface area contributed by atoms with Gasteiger partial charge in [0.25, 0.3) is 0 Å². The number of anilines is 1. The van der Waals surface area contributed by atoms with Crippen LogP contribution in [0, 0.1) is 5.41 Å². The number of hydrogen-bond donors (Lipinski definition) is 2. The summed E-state index contributed by atoms with van der Waals surface area (Å²) in [4.78, 5) is 4.05. The summed E-state index contributed by atoms with van der Waals surface area (Å²) < 4.78 is 0. The molecule has 0 amide bonds. The van der Waals surface area contributed by atoms with Gasteiger partial charge in [0, 0.05) is 29.7 Å². The Morgan fingerprint density at radius 3 is 2.77 bits per heavy atom. The van der Waals surface area contributed by atoms with Crippen molar-refractivity contribution in [2.24, 2.45) is 11.1 Å². The Morgan fingerprint density at radius 2 is 2.23 bits per heavy atom. The van der Waals surface area contributed by atoms with E-state index in [1.54, 1.807) is 18.5 Å². The van der Waals surface area contributed by atoms with Crippen LogP contribution in [0.4, 0.5) is 5.69 Å². The van der Waals surface area contributed by atoms with Crippen LogP contribution in [0.2, 0.25) is 0 Å². The molecule has 1 aliphatic rings. The van der Waals surface area contributed by atoms with E-state index < -0.39 is 0 Å². The molecule has 0 spiro atoms. The maximum Gasteiger partial charge on any atom is 0.0393 e. The van der Waals surface area contributed by atoms with Crippen LogP contribution in [-0.4, -0.2) is 4.98 Å². The van der Waals surface area contributed by atoms with Gasteiger partial charge in [-0.15, -0.1) is 0 Å². The van der Waals surface area contributed by atoms with Crippen molar-refractivity contribution in [2.45, 2.75) is 25.8 Å². The maximum atomic E-state index is 6.12. The first-order valence-corrected chi connectivity index (χ1v) is 4.58. The van der Waals surface area contributed by atoms with Crippen LogP contribution in [0.1, 0.15) is 31.4 Å². The van der Waals surface area contributed by atoms with Crippen LogP contribution in [0.3, 0.4) is 0 Å². The van der Waals surface area contributed by atoms with Crippen LogP contribution in [0.25, 0.3) is 0 Å². The number of nitrogen functional groups attached to an aromatic ring is 1. The number of nitrogens with two attached hydrogens (primary N) is 2. The van der Waals surface area contributed by atoms with Gasteiger partial charge in [0.1, 0.15) is 0 Å². The molecule has 1 aromatic rings. The van der Waals surface area contributed by atoms with Crippen molar-refractivity contribution < 1.29 is 0 Å². The van der Waals surface area contributed by atoms with Crippen molar-refractivity contribution in [3.8, 4) is 0 Å². The lowest BCUT2D eigenvalue weighted by Gasteiger charge is -2.19. The van der Waals surface area contributed by atoms with Crippen molar-refractivity contribution in [1.29, 1.82) is 0 Å². The van der Waals surface area contributed by atoms with Gasteiger partial charge in [-0.2, -0.15) is 0 Å². The van der Waals surface area contributed by atoms with E-state index in [0.717, 1.165) is 11.3 Å². The third-order valence-electron chi connectivity index (χ3n) is 3.01. The lowest BCUT2D eigenvalue weighted by Crippen LogP contribution is -2.21. The normalized spacial score (nSPS) is 21.1. The first kappa shape index (κ1) is 8.51. The summed E-state index contributed by atoms with van der Waals surface area (Å²) in [7, 11) is 0. The first-order valence-electron chi connectivity index (χ1n) is 4.58. The molecule has 1 aromatic heterocycles. The van der Waals surface area contributed by atoms with Crippen LogP contribution in [-0.2, 0) is 0 Å². The summed E-state index contributed by atoms with van der Waals surface area (Å²) in [6.45, 7) is 2.20. The molecule has 0 bridgehead atoms. The summed E-state index contributed by atoms with van der Waals surface area (Å²) in [5.41, 5.74) is 14.0. The number of hydrogen-bond acceptors (Lipinski definition) is 3. The zero-order valence-electron chi connectivity index (χ0n) is 7.83. The van der Waals surface area contributed by atoms with Gasteiger partial charge < -0.3 is 11.5 Å². The highest BCUT2D eigenvalue weighted by atomic mass is 14.8. The van der Waals surface area contributed by atoms with E-state index >= 15 is 0 Å². The lowest BCUT2D eigenvalue weighted by atomic mass is 9.93. The van der Waals surface area contributed by atoms with E-state index in [-0.39, 0.29) is 11.5 Å². The molecule has 0 aromatic carbocycles. The minimum atomic E-state index is 0.0428. The van der Waals surface area contributed by atoms with Gasteiger partial charge >= 0.3 is 0 Å². The van der Waals surface area contributed by atoms with E-state index in [4.69, 9.17) is 11.5 Å². The maximum absolute atomic E-state index is 6.12. The molecule has 1 aliphatic carbocycles. The van der Waals surface area contributed by atoms with Crippen LogP contribution >= 0.6 is 0 Å². The largest absolute Gasteiger partial charge is 0.398 e. The van der Waals surface area contributed by atoms with Crippen LogP contribution in [0.5, 0.6) is 0 Å². The van der Waals surface area contributed by atoms with E-state index in [9.17, 15) is 0 Å². The minimum absolute atomic E-state index is 0.0428. The van der Waals surface area contributed by atoms with Gasteiger partial charge in [-0.3, -0.25) is 4.98 Å². The molecule has 3 nitrogen and oxygen atoms in total. The third kappa shape index (κ3) is 1.40. The topological polar surface area (TPSA) is 64.9 Å². The Kier molecular flexibility index (Phi) is 1.77. The van der Waals surface area contributed by atoms with Crippen molar-refractivity contribution >= 4 is 5.69 Å². The Balaban J connectivity index is 2.30. The van der Waals surface area contributed by atoms with Gasteiger partial charge in [0.15, 0.2) is 0 Å². The molecule has 1 unspecified atom stereocenters. The molecule has 0 saturated heterocycles. The molecule has 3 heteroatoms. The van der Waals surface area contributed by atoms with Gasteiger partial charge in [-0.1, -0.05) is 6.92 Å². The van der Waals surface area contributed by atoms with Crippen molar-refractivity contribution in [3.05, 3.63) is 24.0 Å². The third-order valence-corrected chi connectivity index (χ3v) is 3.01. The van der Waals surface area contributed by atoms with E-state index in [2.05, 4.69) is 11.9 Å². The molecule has 1 saturated carbocycles. The van der Waals surface area contributed by atoms with Gasteiger partial charge in [0.05, 0.1) is 0 Å². The van der Waals surface area contributed by atoms with Crippen LogP contribution < -0.4 is 11.5 Å². The molecule has 1 heterocycles. The second-order valence-electron chi connectivity index (χ2n) is 4.14. The Bertz CT molecular complexity index is 318. The average molecular weight is 177 g/mol. The summed E-state index contributed by atoms with van der Waals surface area (Å²) in [6.07, 6.45) is 5.87. The second kappa shape index (κ2) is 2.70. The molecule has 0 radical (unpaired) electrons. The van der Waals surface area contributed by atoms with Gasteiger partial charge in [-0.05, 0) is 24.3 Å². The molecule has 1 atom stereocenters. The molecular weight excluding hydrogens is 162 g/mol. The number of pyridine rings is 1. The molecule has 13 heavy (non-hydrogen) atoms. The van der Waals surface area contributed by atoms with E-state index in [0.29, 0.717) is 0 Å². The van der Waals surface area contributed by atoms with Crippen molar-refractivity contribution in [3.63, 3.8) is 0 Å². The van der Waals surface area contributed by atoms with Crippen molar-refractivity contribution in [1.82, 2.24) is 4.98 Å². The number of aromatic nitrogens is 1. The molecule has 4 N–H and O–H groups in total. The lowest BCUT2D eigenvalue weighted by molar-refractivity contribution is 0.451. The fourth-order valence-corrected chi connectivity index (χ4v) is 1.56. The Labute approximate surface area is 78.1 Å². The Morgan fingerprint density at radius 1 is 1.54 bits per heavy atom. The molecule has 0 aliphatic heterocycles. The van der Waals surface area contributed by atoms with E-state index in [1.807, 2.05) is 0 Å². The van der Waals surface area contributed by atoms with Crippen molar-refractivity contribution in [2.75, 3.05) is 5.73 Å². The minimum Gasteiger partial charge on any atom is -0.398 e. The van der Waals surface area contributed by atoms with Gasteiger partial charge in [-0.25, -0.2) is 0 Å². The zero-order valence-corrected chi connectivity index (χ0v) is 7.83. The second-order valence-corrected chi connectivity index (χ2v) is 4.14. The molecule has 70 valence electrons. The predicted octanol–water partition coefficient (Wildman–Crippen LogP) is 1.46. The molecule has 1 fully saturated rings. The Hall–Kier alpha value is -1.09. The predicted molar refractivity (Wildman–Crippen MR) is 52.9 cm³/mol. The average Bonchev–Trinajstić information content (AvgIpc) is 2.85. The summed E-state index contributed by atoms with van der Waals surface area (Å²) in [5.74, 6) is 0. The van der Waals surface area contributed by atoms with Gasteiger partial charge in [0.2, 0.25) is 0 Å². The first-order chi connectivity index (χ1) is 6.13. The number of nitrogens with zero attached hydrogens (tertiary/aromatic N) is 1.